The lowest BCUT2D eigenvalue weighted by atomic mass is 9.88. The van der Waals surface area contributed by atoms with Crippen molar-refractivity contribution in [1.29, 1.82) is 0 Å². The first-order valence-electron chi connectivity index (χ1n) is 4.05. The maximum Gasteiger partial charge on any atom is 0.166 e. The number of ketones is 2. The Morgan fingerprint density at radius 3 is 1.67 bits per heavy atom. The van der Waals surface area contributed by atoms with Gasteiger partial charge in [-0.3, -0.25) is 9.59 Å². The summed E-state index contributed by atoms with van der Waals surface area (Å²) in [6.45, 7) is 3.66. The van der Waals surface area contributed by atoms with Gasteiger partial charge in [0.05, 0.1) is 6.42 Å². The van der Waals surface area contributed by atoms with E-state index in [-0.39, 0.29) is 18.0 Å². The third kappa shape index (κ3) is 1.52. The third-order valence-electron chi connectivity index (χ3n) is 2.12. The highest BCUT2D eigenvalue weighted by atomic mass is 16.1. The van der Waals surface area contributed by atoms with Crippen LogP contribution in [0.25, 0.3) is 0 Å². The van der Waals surface area contributed by atoms with Crippen LogP contribution in [0.2, 0.25) is 0 Å². The Bertz CT molecular complexity index is 254. The number of hydrogen-bond acceptors (Lipinski definition) is 2. The quantitative estimate of drug-likeness (QED) is 0.404. The van der Waals surface area contributed by atoms with Gasteiger partial charge in [0.25, 0.3) is 0 Å². The van der Waals surface area contributed by atoms with Gasteiger partial charge in [-0.15, -0.1) is 0 Å². The van der Waals surface area contributed by atoms with Crippen molar-refractivity contribution in [2.75, 3.05) is 0 Å². The monoisotopic (exact) mass is 164 g/mol. The van der Waals surface area contributed by atoms with Crippen molar-refractivity contribution < 1.29 is 9.59 Å². The first-order chi connectivity index (χ1) is 5.69. The summed E-state index contributed by atoms with van der Waals surface area (Å²) in [5.41, 5.74) is 1.53. The molecule has 2 heteroatoms. The predicted octanol–water partition coefficient (Wildman–Crippen LogP) is 1.81. The number of carbonyl (C=O) groups is 2. The molecule has 0 spiro atoms. The average Bonchev–Trinajstić information content (AvgIpc) is 2.05. The lowest BCUT2D eigenvalue weighted by Gasteiger charge is -2.14. The van der Waals surface area contributed by atoms with Crippen molar-refractivity contribution in [3.05, 3.63) is 23.3 Å². The van der Waals surface area contributed by atoms with Gasteiger partial charge in [-0.1, -0.05) is 12.2 Å². The molecule has 1 rings (SSSR count). The topological polar surface area (TPSA) is 34.1 Å². The highest BCUT2D eigenvalue weighted by Gasteiger charge is 2.23. The molecule has 1 fully saturated rings. The first-order valence-corrected chi connectivity index (χ1v) is 4.05. The molecule has 0 aromatic heterocycles. The van der Waals surface area contributed by atoms with E-state index in [1.165, 1.54) is 0 Å². The van der Waals surface area contributed by atoms with Crippen LogP contribution in [-0.2, 0) is 9.59 Å². The van der Waals surface area contributed by atoms with Gasteiger partial charge < -0.3 is 0 Å². The minimum absolute atomic E-state index is 0.0203. The number of carbonyl (C=O) groups excluding carboxylic acids is 2. The summed E-state index contributed by atoms with van der Waals surface area (Å²) >= 11 is 0. The van der Waals surface area contributed by atoms with E-state index in [9.17, 15) is 9.59 Å². The zero-order valence-electron chi connectivity index (χ0n) is 7.39. The molecule has 0 N–H and O–H groups in total. The van der Waals surface area contributed by atoms with E-state index < -0.39 is 0 Å². The summed E-state index contributed by atoms with van der Waals surface area (Å²) in [4.78, 5) is 22.4. The van der Waals surface area contributed by atoms with Gasteiger partial charge in [0.15, 0.2) is 11.6 Å². The maximum absolute atomic E-state index is 11.2. The van der Waals surface area contributed by atoms with Crippen LogP contribution >= 0.6 is 0 Å². The van der Waals surface area contributed by atoms with E-state index in [0.717, 1.165) is 11.1 Å². The Balaban J connectivity index is 2.92. The van der Waals surface area contributed by atoms with Crippen molar-refractivity contribution in [2.45, 2.75) is 26.7 Å². The van der Waals surface area contributed by atoms with Crippen LogP contribution in [0.3, 0.4) is 0 Å². The van der Waals surface area contributed by atoms with Gasteiger partial charge in [0.2, 0.25) is 0 Å². The Kier molecular flexibility index (Phi) is 2.58. The van der Waals surface area contributed by atoms with Crippen LogP contribution < -0.4 is 0 Å². The van der Waals surface area contributed by atoms with E-state index in [1.807, 2.05) is 13.8 Å². The normalized spacial score (nSPS) is 25.5. The van der Waals surface area contributed by atoms with E-state index in [1.54, 1.807) is 12.2 Å². The van der Waals surface area contributed by atoms with E-state index in [4.69, 9.17) is 0 Å². The Morgan fingerprint density at radius 2 is 1.33 bits per heavy atom. The molecule has 0 aromatic carbocycles. The number of Topliss-reactive ketones (excluding diaryl/α,β-unsaturated/α-hetero) is 2. The van der Waals surface area contributed by atoms with Crippen LogP contribution in [0.5, 0.6) is 0 Å². The molecule has 0 radical (unpaired) electrons. The molecule has 0 bridgehead atoms. The van der Waals surface area contributed by atoms with Crippen LogP contribution in [0.1, 0.15) is 26.7 Å². The minimum atomic E-state index is -0.0203. The molecule has 0 aliphatic heterocycles. The summed E-state index contributed by atoms with van der Waals surface area (Å²) in [5.74, 6) is -0.0406. The van der Waals surface area contributed by atoms with Crippen molar-refractivity contribution in [1.82, 2.24) is 0 Å². The number of allylic oxidation sites excluding steroid dienone is 4. The summed E-state index contributed by atoms with van der Waals surface area (Å²) in [6.07, 6.45) is 4.15. The second-order valence-corrected chi connectivity index (χ2v) is 2.83. The van der Waals surface area contributed by atoms with Gasteiger partial charge in [-0.2, -0.15) is 0 Å². The Hall–Kier alpha value is -1.18. The SMILES string of the molecule is CC=C1CC(=CC)C(=O)CC1=O. The molecule has 1 saturated carbocycles. The smallest absolute Gasteiger partial charge is 0.166 e. The van der Waals surface area contributed by atoms with E-state index in [2.05, 4.69) is 0 Å². The highest BCUT2D eigenvalue weighted by molar-refractivity contribution is 6.17. The molecule has 64 valence electrons. The second kappa shape index (κ2) is 3.48. The van der Waals surface area contributed by atoms with E-state index in [0.29, 0.717) is 6.42 Å². The molecular formula is C10H12O2. The first kappa shape index (κ1) is 8.91. The minimum Gasteiger partial charge on any atom is -0.294 e. The largest absolute Gasteiger partial charge is 0.294 e. The second-order valence-electron chi connectivity index (χ2n) is 2.83. The van der Waals surface area contributed by atoms with Gasteiger partial charge >= 0.3 is 0 Å². The fourth-order valence-corrected chi connectivity index (χ4v) is 1.30. The summed E-state index contributed by atoms with van der Waals surface area (Å²) in [7, 11) is 0. The van der Waals surface area contributed by atoms with Gasteiger partial charge in [-0.05, 0) is 25.0 Å². The predicted molar refractivity (Wildman–Crippen MR) is 46.8 cm³/mol. The van der Waals surface area contributed by atoms with Crippen LogP contribution in [0, 0.1) is 0 Å². The molecule has 1 aliphatic rings. The van der Waals surface area contributed by atoms with Crippen molar-refractivity contribution >= 4 is 11.6 Å². The zero-order valence-corrected chi connectivity index (χ0v) is 7.39. The van der Waals surface area contributed by atoms with Crippen molar-refractivity contribution in [2.24, 2.45) is 0 Å². The number of rotatable bonds is 0. The van der Waals surface area contributed by atoms with Gasteiger partial charge in [-0.25, -0.2) is 0 Å². The Labute approximate surface area is 72.0 Å². The fourth-order valence-electron chi connectivity index (χ4n) is 1.30. The van der Waals surface area contributed by atoms with E-state index >= 15 is 0 Å². The molecule has 0 aromatic rings. The molecule has 1 aliphatic carbocycles. The standard InChI is InChI=1S/C10H12O2/c1-3-7-5-8(4-2)10(12)6-9(7)11/h3-4H,5-6H2,1-2H3. The fraction of sp³-hybridized carbons (Fsp3) is 0.400. The Morgan fingerprint density at radius 1 is 0.917 bits per heavy atom. The van der Waals surface area contributed by atoms with Crippen LogP contribution in [-0.4, -0.2) is 11.6 Å². The molecule has 0 unspecified atom stereocenters. The molecular weight excluding hydrogens is 152 g/mol. The summed E-state index contributed by atoms with van der Waals surface area (Å²) < 4.78 is 0. The van der Waals surface area contributed by atoms with Crippen molar-refractivity contribution in [3.8, 4) is 0 Å². The average molecular weight is 164 g/mol. The third-order valence-corrected chi connectivity index (χ3v) is 2.12. The number of hydrogen-bond donors (Lipinski definition) is 0. The molecule has 2 nitrogen and oxygen atoms in total. The molecule has 0 saturated heterocycles. The lowest BCUT2D eigenvalue weighted by molar-refractivity contribution is -0.124. The van der Waals surface area contributed by atoms with Gasteiger partial charge in [0, 0.05) is 6.42 Å². The molecule has 12 heavy (non-hydrogen) atoms. The molecule has 0 heterocycles. The summed E-state index contributed by atoms with van der Waals surface area (Å²) in [5, 5.41) is 0. The maximum atomic E-state index is 11.2. The molecule has 0 amide bonds. The zero-order chi connectivity index (χ0) is 9.14. The lowest BCUT2D eigenvalue weighted by Crippen LogP contribution is -2.19. The van der Waals surface area contributed by atoms with Crippen LogP contribution in [0.15, 0.2) is 23.3 Å². The van der Waals surface area contributed by atoms with Crippen molar-refractivity contribution in [3.63, 3.8) is 0 Å². The van der Waals surface area contributed by atoms with Gasteiger partial charge in [0.1, 0.15) is 0 Å². The molecule has 0 atom stereocenters. The highest BCUT2D eigenvalue weighted by Crippen LogP contribution is 2.21. The van der Waals surface area contributed by atoms with Crippen LogP contribution in [0.4, 0.5) is 0 Å². The summed E-state index contributed by atoms with van der Waals surface area (Å²) in [6, 6.07) is 0.